The highest BCUT2D eigenvalue weighted by Gasteiger charge is 2.27. The zero-order valence-electron chi connectivity index (χ0n) is 12.1. The maximum Gasteiger partial charge on any atom is 0.0596 e. The van der Waals surface area contributed by atoms with Crippen LogP contribution in [0.25, 0.3) is 0 Å². The van der Waals surface area contributed by atoms with Crippen molar-refractivity contribution in [2.75, 3.05) is 13.1 Å². The van der Waals surface area contributed by atoms with Gasteiger partial charge in [0.05, 0.1) is 5.69 Å². The number of rotatable bonds is 6. The molecule has 18 heavy (non-hydrogen) atoms. The van der Waals surface area contributed by atoms with Crippen LogP contribution < -0.4 is 5.32 Å². The normalized spacial score (nSPS) is 23.7. The zero-order valence-corrected chi connectivity index (χ0v) is 12.1. The van der Waals surface area contributed by atoms with Gasteiger partial charge in [-0.25, -0.2) is 0 Å². The number of nitrogens with one attached hydrogen (secondary N) is 1. The lowest BCUT2D eigenvalue weighted by atomic mass is 9.91. The van der Waals surface area contributed by atoms with Gasteiger partial charge in [-0.05, 0) is 63.6 Å². The molecule has 3 nitrogen and oxygen atoms in total. The van der Waals surface area contributed by atoms with Crippen molar-refractivity contribution in [3.8, 4) is 0 Å². The SMILES string of the molecule is CCCNCC1CCCC1Cc1cc(C)nn1C. The molecular formula is C15H27N3. The first kappa shape index (κ1) is 13.6. The monoisotopic (exact) mass is 249 g/mol. The third kappa shape index (κ3) is 3.35. The van der Waals surface area contributed by atoms with Gasteiger partial charge in [-0.1, -0.05) is 13.3 Å². The minimum atomic E-state index is 0.851. The summed E-state index contributed by atoms with van der Waals surface area (Å²) < 4.78 is 2.06. The van der Waals surface area contributed by atoms with E-state index < -0.39 is 0 Å². The fraction of sp³-hybridized carbons (Fsp3) is 0.800. The highest BCUT2D eigenvalue weighted by atomic mass is 15.3. The molecule has 1 saturated carbocycles. The molecule has 0 saturated heterocycles. The largest absolute Gasteiger partial charge is 0.316 e. The molecule has 1 aromatic heterocycles. The minimum absolute atomic E-state index is 0.851. The Kier molecular flexibility index (Phi) is 4.81. The van der Waals surface area contributed by atoms with Gasteiger partial charge in [0.1, 0.15) is 0 Å². The molecule has 1 fully saturated rings. The number of hydrogen-bond acceptors (Lipinski definition) is 2. The lowest BCUT2D eigenvalue weighted by molar-refractivity contribution is 0.359. The molecule has 1 N–H and O–H groups in total. The summed E-state index contributed by atoms with van der Waals surface area (Å²) in [6, 6.07) is 2.24. The fourth-order valence-electron chi connectivity index (χ4n) is 3.24. The highest BCUT2D eigenvalue weighted by Crippen LogP contribution is 2.33. The molecule has 3 heteroatoms. The average molecular weight is 249 g/mol. The van der Waals surface area contributed by atoms with Gasteiger partial charge in [0.15, 0.2) is 0 Å². The molecule has 1 aliphatic rings. The van der Waals surface area contributed by atoms with E-state index in [-0.39, 0.29) is 0 Å². The third-order valence-corrected chi connectivity index (χ3v) is 4.22. The highest BCUT2D eigenvalue weighted by molar-refractivity contribution is 5.10. The Labute approximate surface area is 111 Å². The van der Waals surface area contributed by atoms with Crippen LogP contribution in [0, 0.1) is 18.8 Å². The van der Waals surface area contributed by atoms with Crippen LogP contribution in [0.4, 0.5) is 0 Å². The third-order valence-electron chi connectivity index (χ3n) is 4.22. The first-order chi connectivity index (χ1) is 8.70. The van der Waals surface area contributed by atoms with Gasteiger partial charge in [0.25, 0.3) is 0 Å². The number of aryl methyl sites for hydroxylation is 2. The van der Waals surface area contributed by atoms with E-state index in [1.165, 1.54) is 44.3 Å². The van der Waals surface area contributed by atoms with Crippen molar-refractivity contribution in [2.45, 2.75) is 46.0 Å². The van der Waals surface area contributed by atoms with Gasteiger partial charge in [-0.3, -0.25) is 4.68 Å². The van der Waals surface area contributed by atoms with Gasteiger partial charge < -0.3 is 5.32 Å². The molecule has 0 amide bonds. The summed E-state index contributed by atoms with van der Waals surface area (Å²) in [6.07, 6.45) is 6.63. The number of nitrogens with zero attached hydrogens (tertiary/aromatic N) is 2. The number of aromatic nitrogens is 2. The van der Waals surface area contributed by atoms with E-state index >= 15 is 0 Å². The second-order valence-electron chi connectivity index (χ2n) is 5.76. The van der Waals surface area contributed by atoms with Crippen LogP contribution in [0.5, 0.6) is 0 Å². The molecule has 2 rings (SSSR count). The van der Waals surface area contributed by atoms with Crippen LogP contribution >= 0.6 is 0 Å². The molecule has 2 unspecified atom stereocenters. The molecule has 2 atom stereocenters. The Bertz CT molecular complexity index is 370. The summed E-state index contributed by atoms with van der Waals surface area (Å²) in [6.45, 7) is 6.68. The predicted molar refractivity (Wildman–Crippen MR) is 75.6 cm³/mol. The van der Waals surface area contributed by atoms with E-state index in [9.17, 15) is 0 Å². The second-order valence-corrected chi connectivity index (χ2v) is 5.76. The maximum absolute atomic E-state index is 4.45. The summed E-state index contributed by atoms with van der Waals surface area (Å²) in [5.74, 6) is 1.72. The van der Waals surface area contributed by atoms with Crippen LogP contribution in [0.2, 0.25) is 0 Å². The predicted octanol–water partition coefficient (Wildman–Crippen LogP) is 2.69. The first-order valence-electron chi connectivity index (χ1n) is 7.41. The maximum atomic E-state index is 4.45. The molecule has 0 bridgehead atoms. The lowest BCUT2D eigenvalue weighted by Crippen LogP contribution is -2.27. The van der Waals surface area contributed by atoms with Crippen molar-refractivity contribution in [3.63, 3.8) is 0 Å². The van der Waals surface area contributed by atoms with Crippen molar-refractivity contribution in [3.05, 3.63) is 17.5 Å². The van der Waals surface area contributed by atoms with Gasteiger partial charge in [0.2, 0.25) is 0 Å². The molecule has 1 aliphatic carbocycles. The van der Waals surface area contributed by atoms with Crippen molar-refractivity contribution in [1.82, 2.24) is 15.1 Å². The Morgan fingerprint density at radius 2 is 2.17 bits per heavy atom. The van der Waals surface area contributed by atoms with E-state index in [2.05, 4.69) is 42.1 Å². The standard InChI is InChI=1S/C15H27N3/c1-4-8-16-11-14-7-5-6-13(14)10-15-9-12(2)17-18(15)3/h9,13-14,16H,4-8,10-11H2,1-3H3. The van der Waals surface area contributed by atoms with E-state index in [1.807, 2.05) is 0 Å². The van der Waals surface area contributed by atoms with Crippen LogP contribution in [0.3, 0.4) is 0 Å². The van der Waals surface area contributed by atoms with Crippen LogP contribution in [-0.4, -0.2) is 22.9 Å². The molecule has 0 aliphatic heterocycles. The summed E-state index contributed by atoms with van der Waals surface area (Å²) in [5, 5.41) is 8.04. The van der Waals surface area contributed by atoms with Crippen LogP contribution in [-0.2, 0) is 13.5 Å². The summed E-state index contributed by atoms with van der Waals surface area (Å²) >= 11 is 0. The quantitative estimate of drug-likeness (QED) is 0.786. The van der Waals surface area contributed by atoms with E-state index in [0.717, 1.165) is 24.1 Å². The van der Waals surface area contributed by atoms with Gasteiger partial charge in [-0.15, -0.1) is 0 Å². The van der Waals surface area contributed by atoms with Crippen molar-refractivity contribution in [2.24, 2.45) is 18.9 Å². The number of hydrogen-bond donors (Lipinski definition) is 1. The van der Waals surface area contributed by atoms with E-state index in [1.54, 1.807) is 0 Å². The molecule has 102 valence electrons. The average Bonchev–Trinajstić information content (AvgIpc) is 2.88. The first-order valence-corrected chi connectivity index (χ1v) is 7.41. The van der Waals surface area contributed by atoms with Gasteiger partial charge in [0, 0.05) is 12.7 Å². The molecule has 1 heterocycles. The van der Waals surface area contributed by atoms with Crippen molar-refractivity contribution < 1.29 is 0 Å². The zero-order chi connectivity index (χ0) is 13.0. The van der Waals surface area contributed by atoms with Gasteiger partial charge >= 0.3 is 0 Å². The second kappa shape index (κ2) is 6.37. The van der Waals surface area contributed by atoms with Crippen molar-refractivity contribution in [1.29, 1.82) is 0 Å². The van der Waals surface area contributed by atoms with Gasteiger partial charge in [-0.2, -0.15) is 5.10 Å². The molecule has 0 spiro atoms. The molecule has 0 aromatic carbocycles. The molecular weight excluding hydrogens is 222 g/mol. The Balaban J connectivity index is 1.89. The topological polar surface area (TPSA) is 29.9 Å². The summed E-state index contributed by atoms with van der Waals surface area (Å²) in [5.41, 5.74) is 2.55. The van der Waals surface area contributed by atoms with Crippen LogP contribution in [0.1, 0.15) is 44.0 Å². The Morgan fingerprint density at radius 1 is 1.39 bits per heavy atom. The summed E-state index contributed by atoms with van der Waals surface area (Å²) in [4.78, 5) is 0. The molecule has 1 aromatic rings. The Hall–Kier alpha value is -0.830. The van der Waals surface area contributed by atoms with E-state index in [0.29, 0.717) is 0 Å². The summed E-state index contributed by atoms with van der Waals surface area (Å²) in [7, 11) is 2.07. The molecule has 0 radical (unpaired) electrons. The van der Waals surface area contributed by atoms with Crippen LogP contribution in [0.15, 0.2) is 6.07 Å². The lowest BCUT2D eigenvalue weighted by Gasteiger charge is -2.20. The Morgan fingerprint density at radius 3 is 2.83 bits per heavy atom. The van der Waals surface area contributed by atoms with Crippen molar-refractivity contribution >= 4 is 0 Å². The van der Waals surface area contributed by atoms with E-state index in [4.69, 9.17) is 0 Å². The fourth-order valence-corrected chi connectivity index (χ4v) is 3.24. The smallest absolute Gasteiger partial charge is 0.0596 e. The minimum Gasteiger partial charge on any atom is -0.316 e.